The van der Waals surface area contributed by atoms with Gasteiger partial charge in [-0.05, 0) is 105 Å². The molecule has 0 aliphatic heterocycles. The Bertz CT molecular complexity index is 2020. The molecule has 0 atom stereocenters. The van der Waals surface area contributed by atoms with Crippen molar-refractivity contribution in [1.82, 2.24) is 4.31 Å². The Balaban J connectivity index is 1.25. The van der Waals surface area contributed by atoms with Crippen LogP contribution in [0.25, 0.3) is 0 Å². The lowest BCUT2D eigenvalue weighted by Crippen LogP contribution is -2.28. The third kappa shape index (κ3) is 9.61. The molecule has 274 valence electrons. The maximum Gasteiger partial charge on any atom is 0.337 e. The Morgan fingerprint density at radius 2 is 1.56 bits per heavy atom. The Labute approximate surface area is 309 Å². The number of fused-ring (bicyclic) bond motifs is 1. The molecule has 10 nitrogen and oxygen atoms in total. The second-order valence-electron chi connectivity index (χ2n) is 12.7. The maximum atomic E-state index is 13.8. The number of ether oxygens (including phenoxy) is 2. The van der Waals surface area contributed by atoms with Gasteiger partial charge in [-0.1, -0.05) is 36.4 Å². The predicted octanol–water partition coefficient (Wildman–Crippen LogP) is 6.84. The van der Waals surface area contributed by atoms with Crippen molar-refractivity contribution in [3.8, 4) is 0 Å². The largest absolute Gasteiger partial charge is 0.466 e. The number of methoxy groups -OCH3 is 1. The fraction of sp³-hybridized carbons (Fsp3) is 0.350. The van der Waals surface area contributed by atoms with E-state index in [-0.39, 0.29) is 60.1 Å². The molecule has 4 aromatic rings. The molecule has 0 fully saturated rings. The van der Waals surface area contributed by atoms with Gasteiger partial charge in [-0.15, -0.1) is 11.3 Å². The van der Waals surface area contributed by atoms with Gasteiger partial charge in [0.1, 0.15) is 0 Å². The number of benzene rings is 3. The zero-order valence-corrected chi connectivity index (χ0v) is 31.4. The van der Waals surface area contributed by atoms with E-state index in [0.717, 1.165) is 60.1 Å². The Morgan fingerprint density at radius 1 is 0.885 bits per heavy atom. The van der Waals surface area contributed by atoms with Gasteiger partial charge in [0, 0.05) is 47.4 Å². The van der Waals surface area contributed by atoms with Crippen molar-refractivity contribution in [2.45, 2.75) is 69.6 Å². The minimum atomic E-state index is -3.91. The Morgan fingerprint density at radius 3 is 2.23 bits per heavy atom. The number of hydrogen-bond acceptors (Lipinski definition) is 9. The molecule has 1 heterocycles. The number of rotatable bonds is 16. The summed E-state index contributed by atoms with van der Waals surface area (Å²) in [6, 6.07) is 21.0. The molecule has 5 rings (SSSR count). The molecule has 1 N–H and O–H groups in total. The average Bonchev–Trinajstić information content (AvgIpc) is 3.52. The SMILES string of the molecule is CCOC(=O)CCCN(C)S(=O)(=O)c1cccc(C(=O)Cc2sc3c(c2C(=O)Nc2ccc(CCc4ccc(C(=O)OC)cc4)cc2)CCCC3)c1. The van der Waals surface area contributed by atoms with E-state index in [1.54, 1.807) is 31.2 Å². The molecular weight excluding hydrogens is 701 g/mol. The molecule has 0 saturated carbocycles. The number of esters is 2. The first-order chi connectivity index (χ1) is 25.0. The summed E-state index contributed by atoms with van der Waals surface area (Å²) < 4.78 is 37.5. The summed E-state index contributed by atoms with van der Waals surface area (Å²) >= 11 is 1.49. The van der Waals surface area contributed by atoms with Crippen molar-refractivity contribution in [2.75, 3.05) is 32.6 Å². The van der Waals surface area contributed by atoms with E-state index in [9.17, 15) is 27.6 Å². The molecule has 0 bridgehead atoms. The Hall–Kier alpha value is -4.65. The highest BCUT2D eigenvalue weighted by molar-refractivity contribution is 7.89. The molecule has 1 aliphatic rings. The molecule has 1 aromatic heterocycles. The minimum Gasteiger partial charge on any atom is -0.466 e. The average molecular weight is 745 g/mol. The quantitative estimate of drug-likeness (QED) is 0.0974. The van der Waals surface area contributed by atoms with Gasteiger partial charge in [0.15, 0.2) is 5.78 Å². The van der Waals surface area contributed by atoms with Crippen molar-refractivity contribution < 1.29 is 37.1 Å². The van der Waals surface area contributed by atoms with Gasteiger partial charge in [0.05, 0.1) is 29.7 Å². The number of carbonyl (C=O) groups is 4. The lowest BCUT2D eigenvalue weighted by Gasteiger charge is -2.17. The van der Waals surface area contributed by atoms with Gasteiger partial charge in [-0.3, -0.25) is 14.4 Å². The summed E-state index contributed by atoms with van der Waals surface area (Å²) in [5, 5.41) is 3.04. The summed E-state index contributed by atoms with van der Waals surface area (Å²) in [5.41, 5.74) is 5.13. The van der Waals surface area contributed by atoms with Gasteiger partial charge in [-0.2, -0.15) is 0 Å². The molecule has 0 radical (unpaired) electrons. The number of carbonyl (C=O) groups excluding carboxylic acids is 4. The first-order valence-electron chi connectivity index (χ1n) is 17.5. The van der Waals surface area contributed by atoms with Crippen LogP contribution in [-0.4, -0.2) is 63.7 Å². The standard InChI is InChI=1S/C40H44N2O8S2/c1-4-50-37(44)13-8-24-42(2)52(47,48)32-10-7-9-30(25-32)34(43)26-36-38(33-11-5-6-12-35(33)51-36)39(45)41-31-22-18-28(19-23-31)15-14-27-16-20-29(21-17-27)40(46)49-3/h7,9-10,16-23,25H,4-6,8,11-15,24,26H2,1-3H3,(H,41,45). The van der Waals surface area contributed by atoms with E-state index < -0.39 is 10.0 Å². The maximum absolute atomic E-state index is 13.8. The van der Waals surface area contributed by atoms with Crippen LogP contribution in [0.5, 0.6) is 0 Å². The molecule has 3 aromatic carbocycles. The second-order valence-corrected chi connectivity index (χ2v) is 15.9. The first-order valence-corrected chi connectivity index (χ1v) is 19.7. The molecule has 0 unspecified atom stereocenters. The van der Waals surface area contributed by atoms with Crippen LogP contribution in [0.4, 0.5) is 5.69 Å². The van der Waals surface area contributed by atoms with Gasteiger partial charge in [0.25, 0.3) is 5.91 Å². The Kier molecular flexibility index (Phi) is 13.1. The van der Waals surface area contributed by atoms with Gasteiger partial charge < -0.3 is 14.8 Å². The topological polar surface area (TPSA) is 136 Å². The van der Waals surface area contributed by atoms with Gasteiger partial charge in [-0.25, -0.2) is 17.5 Å². The molecule has 1 aliphatic carbocycles. The monoisotopic (exact) mass is 744 g/mol. The third-order valence-corrected chi connectivity index (χ3v) is 12.2. The highest BCUT2D eigenvalue weighted by atomic mass is 32.2. The number of amides is 1. The molecule has 52 heavy (non-hydrogen) atoms. The van der Waals surface area contributed by atoms with Crippen LogP contribution in [0, 0.1) is 0 Å². The molecular formula is C40H44N2O8S2. The lowest BCUT2D eigenvalue weighted by atomic mass is 9.93. The van der Waals surface area contributed by atoms with E-state index in [1.165, 1.54) is 41.9 Å². The fourth-order valence-electron chi connectivity index (χ4n) is 6.23. The van der Waals surface area contributed by atoms with Crippen molar-refractivity contribution in [1.29, 1.82) is 0 Å². The predicted molar refractivity (Wildman–Crippen MR) is 201 cm³/mol. The number of nitrogens with zero attached hydrogens (tertiary/aromatic N) is 1. The summed E-state index contributed by atoms with van der Waals surface area (Å²) in [6.45, 7) is 2.10. The number of nitrogens with one attached hydrogen (secondary N) is 1. The summed E-state index contributed by atoms with van der Waals surface area (Å²) in [5.74, 6) is -1.29. The molecule has 12 heteroatoms. The molecule has 0 spiro atoms. The number of thiophene rings is 1. The molecule has 0 saturated heterocycles. The van der Waals surface area contributed by atoms with Crippen LogP contribution in [0.15, 0.2) is 77.7 Å². The van der Waals surface area contributed by atoms with Crippen molar-refractivity contribution in [3.05, 3.63) is 116 Å². The van der Waals surface area contributed by atoms with Crippen LogP contribution < -0.4 is 5.32 Å². The third-order valence-electron chi connectivity index (χ3n) is 9.11. The van der Waals surface area contributed by atoms with Crippen LogP contribution in [0.3, 0.4) is 0 Å². The van der Waals surface area contributed by atoms with Crippen LogP contribution in [-0.2, 0) is 56.4 Å². The van der Waals surface area contributed by atoms with E-state index in [4.69, 9.17) is 9.47 Å². The van der Waals surface area contributed by atoms with Crippen molar-refractivity contribution >= 4 is 50.7 Å². The van der Waals surface area contributed by atoms with Crippen LogP contribution >= 0.6 is 11.3 Å². The summed E-state index contributed by atoms with van der Waals surface area (Å²) in [7, 11) is -1.11. The van der Waals surface area contributed by atoms with E-state index >= 15 is 0 Å². The number of sulfonamides is 1. The number of hydrogen-bond donors (Lipinski definition) is 1. The molecule has 1 amide bonds. The smallest absolute Gasteiger partial charge is 0.337 e. The summed E-state index contributed by atoms with van der Waals surface area (Å²) in [6.07, 6.45) is 5.55. The zero-order chi connectivity index (χ0) is 37.3. The van der Waals surface area contributed by atoms with Crippen molar-refractivity contribution in [3.63, 3.8) is 0 Å². The lowest BCUT2D eigenvalue weighted by molar-refractivity contribution is -0.143. The highest BCUT2D eigenvalue weighted by Gasteiger charge is 2.28. The van der Waals surface area contributed by atoms with E-state index in [1.807, 2.05) is 36.4 Å². The van der Waals surface area contributed by atoms with Gasteiger partial charge in [0.2, 0.25) is 10.0 Å². The van der Waals surface area contributed by atoms with Crippen LogP contribution in [0.2, 0.25) is 0 Å². The number of ketones is 1. The van der Waals surface area contributed by atoms with E-state index in [0.29, 0.717) is 28.1 Å². The first kappa shape index (κ1) is 38.6. The zero-order valence-electron chi connectivity index (χ0n) is 29.7. The van der Waals surface area contributed by atoms with Gasteiger partial charge >= 0.3 is 11.9 Å². The van der Waals surface area contributed by atoms with E-state index in [2.05, 4.69) is 5.32 Å². The second kappa shape index (κ2) is 17.7. The number of Topliss-reactive ketones (excluding diaryl/α,β-unsaturated/α-hetero) is 1. The number of anilines is 1. The van der Waals surface area contributed by atoms with Crippen LogP contribution in [0.1, 0.15) is 90.1 Å². The number of aryl methyl sites for hydroxylation is 3. The summed E-state index contributed by atoms with van der Waals surface area (Å²) in [4.78, 5) is 52.7. The highest BCUT2D eigenvalue weighted by Crippen LogP contribution is 2.36. The minimum absolute atomic E-state index is 0.0136. The fourth-order valence-corrected chi connectivity index (χ4v) is 8.88. The normalized spacial score (nSPS) is 12.6. The van der Waals surface area contributed by atoms with Crippen molar-refractivity contribution in [2.24, 2.45) is 0 Å².